The lowest BCUT2D eigenvalue weighted by Crippen LogP contribution is -2.48. The van der Waals surface area contributed by atoms with E-state index >= 15 is 0 Å². The Morgan fingerprint density at radius 2 is 1.65 bits per heavy atom. The molecule has 124 valence electrons. The third kappa shape index (κ3) is 3.62. The molecule has 0 aliphatic carbocycles. The number of aromatic nitrogens is 3. The summed E-state index contributed by atoms with van der Waals surface area (Å²) in [6.45, 7) is 14.1. The van der Waals surface area contributed by atoms with Crippen LogP contribution in [0.25, 0.3) is 5.69 Å². The van der Waals surface area contributed by atoms with Gasteiger partial charge in [-0.25, -0.2) is 4.68 Å². The summed E-state index contributed by atoms with van der Waals surface area (Å²) < 4.78 is 1.94. The van der Waals surface area contributed by atoms with Crippen molar-refractivity contribution in [2.24, 2.45) is 0 Å². The average Bonchev–Trinajstić information content (AvgIpc) is 2.90. The van der Waals surface area contributed by atoms with Gasteiger partial charge in [0.05, 0.1) is 11.4 Å². The molecule has 1 saturated heterocycles. The third-order valence-corrected chi connectivity index (χ3v) is 4.78. The van der Waals surface area contributed by atoms with Gasteiger partial charge in [-0.2, -0.15) is 0 Å². The summed E-state index contributed by atoms with van der Waals surface area (Å²) in [6.07, 6.45) is 0. The van der Waals surface area contributed by atoms with Gasteiger partial charge < -0.3 is 0 Å². The Morgan fingerprint density at radius 1 is 1.00 bits per heavy atom. The van der Waals surface area contributed by atoms with Gasteiger partial charge in [0, 0.05) is 38.8 Å². The normalized spacial score (nSPS) is 17.1. The van der Waals surface area contributed by atoms with Gasteiger partial charge in [0.1, 0.15) is 5.69 Å². The molecule has 3 rings (SSSR count). The van der Waals surface area contributed by atoms with Crippen LogP contribution in [0.5, 0.6) is 0 Å². The Morgan fingerprint density at radius 3 is 2.26 bits per heavy atom. The average molecular weight is 313 g/mol. The second-order valence-electron chi connectivity index (χ2n) is 6.77. The van der Waals surface area contributed by atoms with E-state index in [1.807, 2.05) is 4.68 Å². The highest BCUT2D eigenvalue weighted by atomic mass is 15.4. The first-order valence-electron chi connectivity index (χ1n) is 8.49. The Balaban J connectivity index is 1.67. The van der Waals surface area contributed by atoms with Crippen molar-refractivity contribution in [3.8, 4) is 5.69 Å². The van der Waals surface area contributed by atoms with E-state index in [9.17, 15) is 0 Å². The summed E-state index contributed by atoms with van der Waals surface area (Å²) in [4.78, 5) is 5.02. The van der Waals surface area contributed by atoms with Crippen LogP contribution in [-0.2, 0) is 6.54 Å². The lowest BCUT2D eigenvalue weighted by Gasteiger charge is -2.36. The third-order valence-electron chi connectivity index (χ3n) is 4.78. The largest absolute Gasteiger partial charge is 0.298 e. The molecule has 0 bridgehead atoms. The summed E-state index contributed by atoms with van der Waals surface area (Å²) in [5, 5.41) is 8.77. The molecule has 0 amide bonds. The van der Waals surface area contributed by atoms with Gasteiger partial charge in [0.15, 0.2) is 0 Å². The van der Waals surface area contributed by atoms with Crippen LogP contribution in [0.1, 0.15) is 30.8 Å². The molecule has 5 heteroatoms. The second kappa shape index (κ2) is 6.81. The van der Waals surface area contributed by atoms with Gasteiger partial charge in [0.25, 0.3) is 0 Å². The maximum absolute atomic E-state index is 4.42. The van der Waals surface area contributed by atoms with Crippen molar-refractivity contribution in [3.63, 3.8) is 0 Å². The zero-order chi connectivity index (χ0) is 16.4. The number of hydrogen-bond donors (Lipinski definition) is 0. The number of benzene rings is 1. The van der Waals surface area contributed by atoms with E-state index in [4.69, 9.17) is 0 Å². The van der Waals surface area contributed by atoms with E-state index < -0.39 is 0 Å². The quantitative estimate of drug-likeness (QED) is 0.869. The molecule has 0 N–H and O–H groups in total. The van der Waals surface area contributed by atoms with Crippen LogP contribution >= 0.6 is 0 Å². The number of aryl methyl sites for hydroxylation is 1. The molecule has 0 saturated carbocycles. The SMILES string of the molecule is Cc1ccc(-n2nnc(CN3CCN(C(C)C)CC3)c2C)cc1. The molecule has 0 unspecified atom stereocenters. The first kappa shape index (κ1) is 16.1. The molecular formula is C18H27N5. The molecule has 1 aliphatic heterocycles. The maximum atomic E-state index is 4.42. The van der Waals surface area contributed by atoms with Crippen LogP contribution in [-0.4, -0.2) is 57.0 Å². The monoisotopic (exact) mass is 313 g/mol. The topological polar surface area (TPSA) is 37.2 Å². The predicted octanol–water partition coefficient (Wildman–Crippen LogP) is 2.41. The van der Waals surface area contributed by atoms with Crippen LogP contribution in [0.15, 0.2) is 24.3 Å². The second-order valence-corrected chi connectivity index (χ2v) is 6.77. The molecule has 1 aromatic carbocycles. The van der Waals surface area contributed by atoms with Crippen molar-refractivity contribution in [1.29, 1.82) is 0 Å². The number of piperazine rings is 1. The zero-order valence-electron chi connectivity index (χ0n) is 14.7. The molecule has 0 radical (unpaired) electrons. The maximum Gasteiger partial charge on any atom is 0.100 e. The van der Waals surface area contributed by atoms with Gasteiger partial charge in [0.2, 0.25) is 0 Å². The van der Waals surface area contributed by atoms with Crippen molar-refractivity contribution in [2.75, 3.05) is 26.2 Å². The van der Waals surface area contributed by atoms with E-state index in [-0.39, 0.29) is 0 Å². The summed E-state index contributed by atoms with van der Waals surface area (Å²) in [5.74, 6) is 0. The summed E-state index contributed by atoms with van der Waals surface area (Å²) in [7, 11) is 0. The van der Waals surface area contributed by atoms with E-state index in [0.29, 0.717) is 6.04 Å². The van der Waals surface area contributed by atoms with Crippen LogP contribution in [0.4, 0.5) is 0 Å². The lowest BCUT2D eigenvalue weighted by atomic mass is 10.2. The Kier molecular flexibility index (Phi) is 4.78. The minimum absolute atomic E-state index is 0.640. The highest BCUT2D eigenvalue weighted by molar-refractivity contribution is 5.35. The predicted molar refractivity (Wildman–Crippen MR) is 92.8 cm³/mol. The van der Waals surface area contributed by atoms with E-state index in [0.717, 1.165) is 49.8 Å². The molecule has 0 atom stereocenters. The van der Waals surface area contributed by atoms with E-state index in [1.165, 1.54) is 5.56 Å². The number of nitrogens with zero attached hydrogens (tertiary/aromatic N) is 5. The fraction of sp³-hybridized carbons (Fsp3) is 0.556. The highest BCUT2D eigenvalue weighted by Gasteiger charge is 2.20. The van der Waals surface area contributed by atoms with Gasteiger partial charge in [-0.1, -0.05) is 22.9 Å². The molecular weight excluding hydrogens is 286 g/mol. The van der Waals surface area contributed by atoms with Gasteiger partial charge in [-0.3, -0.25) is 9.80 Å². The van der Waals surface area contributed by atoms with Crippen LogP contribution in [0.2, 0.25) is 0 Å². The molecule has 2 heterocycles. The first-order chi connectivity index (χ1) is 11.0. The van der Waals surface area contributed by atoms with Crippen LogP contribution in [0.3, 0.4) is 0 Å². The van der Waals surface area contributed by atoms with Crippen molar-refractivity contribution in [1.82, 2.24) is 24.8 Å². The van der Waals surface area contributed by atoms with Crippen molar-refractivity contribution in [3.05, 3.63) is 41.2 Å². The summed E-state index contributed by atoms with van der Waals surface area (Å²) in [5.41, 5.74) is 4.56. The molecule has 2 aromatic rings. The smallest absolute Gasteiger partial charge is 0.100 e. The van der Waals surface area contributed by atoms with E-state index in [2.05, 4.69) is 72.1 Å². The van der Waals surface area contributed by atoms with Crippen molar-refractivity contribution >= 4 is 0 Å². The summed E-state index contributed by atoms with van der Waals surface area (Å²) in [6, 6.07) is 9.06. The van der Waals surface area contributed by atoms with Crippen molar-refractivity contribution in [2.45, 2.75) is 40.3 Å². The van der Waals surface area contributed by atoms with Crippen LogP contribution in [0, 0.1) is 13.8 Å². The first-order valence-corrected chi connectivity index (χ1v) is 8.49. The Labute approximate surface area is 138 Å². The fourth-order valence-corrected chi connectivity index (χ4v) is 3.09. The van der Waals surface area contributed by atoms with Gasteiger partial charge in [-0.05, 0) is 39.8 Å². The zero-order valence-corrected chi connectivity index (χ0v) is 14.7. The van der Waals surface area contributed by atoms with Gasteiger partial charge >= 0.3 is 0 Å². The molecule has 1 aliphatic rings. The number of rotatable bonds is 4. The van der Waals surface area contributed by atoms with E-state index in [1.54, 1.807) is 0 Å². The molecule has 5 nitrogen and oxygen atoms in total. The van der Waals surface area contributed by atoms with Gasteiger partial charge in [-0.15, -0.1) is 5.10 Å². The highest BCUT2D eigenvalue weighted by Crippen LogP contribution is 2.15. The van der Waals surface area contributed by atoms with Crippen molar-refractivity contribution < 1.29 is 0 Å². The summed E-state index contributed by atoms with van der Waals surface area (Å²) >= 11 is 0. The van der Waals surface area contributed by atoms with Crippen LogP contribution < -0.4 is 0 Å². The Bertz CT molecular complexity index is 636. The Hall–Kier alpha value is -1.72. The molecule has 23 heavy (non-hydrogen) atoms. The minimum Gasteiger partial charge on any atom is -0.298 e. The standard InChI is InChI=1S/C18H27N5/c1-14(2)22-11-9-21(10-12-22)13-18-16(4)23(20-19-18)17-7-5-15(3)6-8-17/h5-8,14H,9-13H2,1-4H3. The molecule has 0 spiro atoms. The lowest BCUT2D eigenvalue weighted by molar-refractivity contribution is 0.103. The molecule has 1 fully saturated rings. The number of hydrogen-bond acceptors (Lipinski definition) is 4. The molecule has 1 aromatic heterocycles. The minimum atomic E-state index is 0.640. The fourth-order valence-electron chi connectivity index (χ4n) is 3.09.